The summed E-state index contributed by atoms with van der Waals surface area (Å²) in [5.41, 5.74) is 4.92. The predicted octanol–water partition coefficient (Wildman–Crippen LogP) is 5.51. The molecule has 0 saturated carbocycles. The van der Waals surface area contributed by atoms with E-state index in [-0.39, 0.29) is 11.8 Å². The van der Waals surface area contributed by atoms with Gasteiger partial charge in [0, 0.05) is 50.1 Å². The lowest BCUT2D eigenvalue weighted by Crippen LogP contribution is -2.48. The van der Waals surface area contributed by atoms with Crippen LogP contribution in [0, 0.1) is 6.92 Å². The Kier molecular flexibility index (Phi) is 7.06. The highest BCUT2D eigenvalue weighted by molar-refractivity contribution is 6.30. The molecule has 0 radical (unpaired) electrons. The maximum Gasteiger partial charge on any atom is 0.223 e. The molecule has 3 aromatic rings. The van der Waals surface area contributed by atoms with Gasteiger partial charge in [-0.05, 0) is 35.7 Å². The van der Waals surface area contributed by atoms with Crippen LogP contribution in [0.1, 0.15) is 34.6 Å². The molecular formula is C27H29ClN2O. The van der Waals surface area contributed by atoms with Crippen molar-refractivity contribution in [2.24, 2.45) is 0 Å². The molecule has 1 saturated heterocycles. The van der Waals surface area contributed by atoms with Crippen molar-refractivity contribution in [3.8, 4) is 0 Å². The number of aryl methyl sites for hydroxylation is 1. The number of piperazine rings is 1. The molecule has 0 bridgehead atoms. The molecule has 1 amide bonds. The van der Waals surface area contributed by atoms with E-state index in [1.807, 2.05) is 47.4 Å². The highest BCUT2D eigenvalue weighted by atomic mass is 35.5. The summed E-state index contributed by atoms with van der Waals surface area (Å²) in [6.07, 6.45) is 0.476. The molecule has 1 aliphatic heterocycles. The van der Waals surface area contributed by atoms with E-state index in [0.717, 1.165) is 43.9 Å². The Hall–Kier alpha value is -2.62. The Morgan fingerprint density at radius 3 is 2.23 bits per heavy atom. The fraction of sp³-hybridized carbons (Fsp3) is 0.296. The third-order valence-corrected chi connectivity index (χ3v) is 6.32. The number of nitrogens with zero attached hydrogens (tertiary/aromatic N) is 2. The molecule has 1 heterocycles. The Morgan fingerprint density at radius 1 is 0.871 bits per heavy atom. The van der Waals surface area contributed by atoms with Gasteiger partial charge in [0.2, 0.25) is 5.91 Å². The summed E-state index contributed by atoms with van der Waals surface area (Å²) in [6.45, 7) is 6.47. The van der Waals surface area contributed by atoms with Gasteiger partial charge in [0.25, 0.3) is 0 Å². The molecule has 3 nitrogen and oxygen atoms in total. The summed E-state index contributed by atoms with van der Waals surface area (Å²) in [5, 5.41) is 0.714. The third-order valence-electron chi connectivity index (χ3n) is 6.07. The van der Waals surface area contributed by atoms with Gasteiger partial charge in [0.05, 0.1) is 0 Å². The summed E-state index contributed by atoms with van der Waals surface area (Å²) in [6, 6.07) is 26.8. The van der Waals surface area contributed by atoms with E-state index in [1.54, 1.807) is 0 Å². The first-order valence-corrected chi connectivity index (χ1v) is 11.3. The second-order valence-electron chi connectivity index (χ2n) is 8.36. The molecule has 0 aliphatic carbocycles. The molecular weight excluding hydrogens is 404 g/mol. The van der Waals surface area contributed by atoms with E-state index in [1.165, 1.54) is 11.1 Å². The molecule has 4 heteroatoms. The van der Waals surface area contributed by atoms with Crippen LogP contribution in [0.15, 0.2) is 78.9 Å². The number of benzene rings is 3. The number of hydrogen-bond acceptors (Lipinski definition) is 2. The molecule has 31 heavy (non-hydrogen) atoms. The number of halogens is 1. The van der Waals surface area contributed by atoms with Crippen molar-refractivity contribution in [1.82, 2.24) is 9.80 Å². The minimum Gasteiger partial charge on any atom is -0.340 e. The standard InChI is InChI=1S/C27H29ClN2O/c1-21-6-5-7-22(18-21)20-29-14-16-30(17-15-29)27(31)19-26(23-8-3-2-4-9-23)24-10-12-25(28)13-11-24/h2-13,18,26H,14-17,19-20H2,1H3. The quantitative estimate of drug-likeness (QED) is 0.512. The monoisotopic (exact) mass is 432 g/mol. The first kappa shape index (κ1) is 21.6. The van der Waals surface area contributed by atoms with Crippen LogP contribution in [0.2, 0.25) is 5.02 Å². The molecule has 1 atom stereocenters. The number of hydrogen-bond donors (Lipinski definition) is 0. The minimum atomic E-state index is 0.0382. The van der Waals surface area contributed by atoms with Crippen LogP contribution >= 0.6 is 11.6 Å². The van der Waals surface area contributed by atoms with Crippen LogP contribution in [0.5, 0.6) is 0 Å². The molecule has 3 aromatic carbocycles. The van der Waals surface area contributed by atoms with Gasteiger partial charge in [-0.3, -0.25) is 9.69 Å². The summed E-state index contributed by atoms with van der Waals surface area (Å²) in [5.74, 6) is 0.260. The molecule has 0 N–H and O–H groups in total. The van der Waals surface area contributed by atoms with Crippen LogP contribution in [0.25, 0.3) is 0 Å². The maximum atomic E-state index is 13.2. The smallest absolute Gasteiger partial charge is 0.223 e. The lowest BCUT2D eigenvalue weighted by molar-refractivity contribution is -0.133. The van der Waals surface area contributed by atoms with Gasteiger partial charge in [-0.15, -0.1) is 0 Å². The van der Waals surface area contributed by atoms with Crippen LogP contribution in [0.3, 0.4) is 0 Å². The molecule has 4 rings (SSSR count). The highest BCUT2D eigenvalue weighted by Crippen LogP contribution is 2.30. The summed E-state index contributed by atoms with van der Waals surface area (Å²) >= 11 is 6.09. The van der Waals surface area contributed by atoms with Gasteiger partial charge in [0.15, 0.2) is 0 Å². The zero-order valence-electron chi connectivity index (χ0n) is 18.0. The van der Waals surface area contributed by atoms with Gasteiger partial charge in [0.1, 0.15) is 0 Å². The Labute approximate surface area is 190 Å². The average molecular weight is 433 g/mol. The minimum absolute atomic E-state index is 0.0382. The average Bonchev–Trinajstić information content (AvgIpc) is 2.79. The van der Waals surface area contributed by atoms with E-state index in [9.17, 15) is 4.79 Å². The maximum absolute atomic E-state index is 13.2. The first-order valence-electron chi connectivity index (χ1n) is 10.9. The molecule has 0 aromatic heterocycles. The van der Waals surface area contributed by atoms with Crippen molar-refractivity contribution in [1.29, 1.82) is 0 Å². The van der Waals surface area contributed by atoms with Crippen LogP contribution < -0.4 is 0 Å². The second-order valence-corrected chi connectivity index (χ2v) is 8.80. The van der Waals surface area contributed by atoms with E-state index in [4.69, 9.17) is 11.6 Å². The fourth-order valence-corrected chi connectivity index (χ4v) is 4.46. The third kappa shape index (κ3) is 5.75. The zero-order valence-corrected chi connectivity index (χ0v) is 18.8. The van der Waals surface area contributed by atoms with Crippen molar-refractivity contribution < 1.29 is 4.79 Å². The largest absolute Gasteiger partial charge is 0.340 e. The van der Waals surface area contributed by atoms with E-state index >= 15 is 0 Å². The van der Waals surface area contributed by atoms with Crippen molar-refractivity contribution in [3.63, 3.8) is 0 Å². The summed E-state index contributed by atoms with van der Waals surface area (Å²) < 4.78 is 0. The molecule has 1 unspecified atom stereocenters. The second kappa shape index (κ2) is 10.1. The predicted molar refractivity (Wildman–Crippen MR) is 127 cm³/mol. The number of carbonyl (C=O) groups excluding carboxylic acids is 1. The van der Waals surface area contributed by atoms with Gasteiger partial charge < -0.3 is 4.90 Å². The molecule has 160 valence electrons. The molecule has 1 fully saturated rings. The number of amides is 1. The SMILES string of the molecule is Cc1cccc(CN2CCN(C(=O)CC(c3ccccc3)c3ccc(Cl)cc3)CC2)c1. The van der Waals surface area contributed by atoms with E-state index in [0.29, 0.717) is 11.4 Å². The normalized spacial score (nSPS) is 15.6. The van der Waals surface area contributed by atoms with Crippen molar-refractivity contribution in [2.45, 2.75) is 25.8 Å². The lowest BCUT2D eigenvalue weighted by Gasteiger charge is -2.35. The van der Waals surface area contributed by atoms with E-state index in [2.05, 4.69) is 48.2 Å². The lowest BCUT2D eigenvalue weighted by atomic mass is 9.88. The topological polar surface area (TPSA) is 23.6 Å². The molecule has 1 aliphatic rings. The zero-order chi connectivity index (χ0) is 21.6. The fourth-order valence-electron chi connectivity index (χ4n) is 4.34. The van der Waals surface area contributed by atoms with Crippen molar-refractivity contribution >= 4 is 17.5 Å². The number of rotatable bonds is 6. The van der Waals surface area contributed by atoms with Crippen LogP contribution in [-0.2, 0) is 11.3 Å². The molecule has 0 spiro atoms. The highest BCUT2D eigenvalue weighted by Gasteiger charge is 2.25. The van der Waals surface area contributed by atoms with Crippen molar-refractivity contribution in [2.75, 3.05) is 26.2 Å². The first-order chi connectivity index (χ1) is 15.1. The Bertz CT molecular complexity index is 995. The van der Waals surface area contributed by atoms with Crippen LogP contribution in [0.4, 0.5) is 0 Å². The number of carbonyl (C=O) groups is 1. The van der Waals surface area contributed by atoms with Gasteiger partial charge in [-0.25, -0.2) is 0 Å². The Balaban J connectivity index is 1.39. The summed E-state index contributed by atoms with van der Waals surface area (Å²) in [4.78, 5) is 17.7. The van der Waals surface area contributed by atoms with Crippen molar-refractivity contribution in [3.05, 3.63) is 106 Å². The van der Waals surface area contributed by atoms with Gasteiger partial charge in [-0.1, -0.05) is 83.9 Å². The Morgan fingerprint density at radius 2 is 1.55 bits per heavy atom. The van der Waals surface area contributed by atoms with Gasteiger partial charge in [-0.2, -0.15) is 0 Å². The van der Waals surface area contributed by atoms with Crippen LogP contribution in [-0.4, -0.2) is 41.9 Å². The van der Waals surface area contributed by atoms with E-state index < -0.39 is 0 Å². The van der Waals surface area contributed by atoms with Gasteiger partial charge >= 0.3 is 0 Å². The summed E-state index contributed by atoms with van der Waals surface area (Å²) in [7, 11) is 0.